The Hall–Kier alpha value is -0.610. The number of ketones is 1. The van der Waals surface area contributed by atoms with Crippen molar-refractivity contribution in [3.8, 4) is 0 Å². The van der Waals surface area contributed by atoms with Crippen LogP contribution in [0.15, 0.2) is 0 Å². The number of hydrogen-bond donors (Lipinski definition) is 2. The lowest BCUT2D eigenvalue weighted by atomic mass is 10.2. The van der Waals surface area contributed by atoms with E-state index in [-0.39, 0.29) is 31.2 Å². The molecule has 58 valence electrons. The van der Waals surface area contributed by atoms with E-state index in [9.17, 15) is 9.59 Å². The molecule has 1 rings (SSSR count). The van der Waals surface area contributed by atoms with Gasteiger partial charge in [-0.25, -0.2) is 0 Å². The minimum absolute atomic E-state index is 0. The lowest BCUT2D eigenvalue weighted by Crippen LogP contribution is -2.29. The van der Waals surface area contributed by atoms with Gasteiger partial charge in [-0.05, 0) is 0 Å². The molecule has 5 heteroatoms. The van der Waals surface area contributed by atoms with E-state index < -0.39 is 12.0 Å². The molecule has 1 aliphatic rings. The summed E-state index contributed by atoms with van der Waals surface area (Å²) in [6, 6.07) is -0.641. The fourth-order valence-electron chi connectivity index (χ4n) is 0.784. The van der Waals surface area contributed by atoms with Crippen LogP contribution in [0.5, 0.6) is 0 Å². The normalized spacial score (nSPS) is 24.0. The van der Waals surface area contributed by atoms with Crippen molar-refractivity contribution in [2.24, 2.45) is 0 Å². The predicted molar refractivity (Wildman–Crippen MR) is 36.3 cm³/mol. The summed E-state index contributed by atoms with van der Waals surface area (Å²) < 4.78 is 0. The van der Waals surface area contributed by atoms with E-state index in [0.717, 1.165) is 0 Å². The molecule has 1 saturated heterocycles. The van der Waals surface area contributed by atoms with E-state index >= 15 is 0 Å². The summed E-state index contributed by atoms with van der Waals surface area (Å²) in [5.74, 6) is -0.969. The highest BCUT2D eigenvalue weighted by atomic mass is 35.5. The van der Waals surface area contributed by atoms with Crippen LogP contribution < -0.4 is 5.32 Å². The van der Waals surface area contributed by atoms with Gasteiger partial charge in [0.15, 0.2) is 0 Å². The summed E-state index contributed by atoms with van der Waals surface area (Å²) in [7, 11) is 0. The van der Waals surface area contributed by atoms with Crippen LogP contribution in [-0.2, 0) is 9.59 Å². The highest BCUT2D eigenvalue weighted by Gasteiger charge is 2.26. The third-order valence-electron chi connectivity index (χ3n) is 1.28. The number of aliphatic carboxylic acids is 1. The van der Waals surface area contributed by atoms with Gasteiger partial charge in [0.2, 0.25) is 0 Å². The SMILES string of the molecule is Cl.O=C1CNC(C(=O)O)C1. The average molecular weight is 166 g/mol. The summed E-state index contributed by atoms with van der Waals surface area (Å²) >= 11 is 0. The van der Waals surface area contributed by atoms with E-state index in [4.69, 9.17) is 5.11 Å². The Bertz CT molecular complexity index is 159. The van der Waals surface area contributed by atoms with Gasteiger partial charge < -0.3 is 5.11 Å². The molecule has 10 heavy (non-hydrogen) atoms. The molecule has 1 fully saturated rings. The molecule has 0 radical (unpaired) electrons. The number of carbonyl (C=O) groups is 2. The Labute approximate surface area is 64.0 Å². The zero-order valence-corrected chi connectivity index (χ0v) is 5.98. The van der Waals surface area contributed by atoms with E-state index in [0.29, 0.717) is 0 Å². The molecule has 1 heterocycles. The molecule has 0 amide bonds. The van der Waals surface area contributed by atoms with Crippen molar-refractivity contribution >= 4 is 24.2 Å². The zero-order chi connectivity index (χ0) is 6.85. The first-order valence-electron chi connectivity index (χ1n) is 2.68. The second kappa shape index (κ2) is 3.53. The molecule has 0 spiro atoms. The first-order valence-corrected chi connectivity index (χ1v) is 2.68. The van der Waals surface area contributed by atoms with Gasteiger partial charge in [-0.3, -0.25) is 14.9 Å². The van der Waals surface area contributed by atoms with Crippen LogP contribution in [0.3, 0.4) is 0 Å². The Kier molecular flexibility index (Phi) is 3.32. The first-order chi connectivity index (χ1) is 4.20. The number of nitrogens with one attached hydrogen (secondary N) is 1. The van der Waals surface area contributed by atoms with Crippen molar-refractivity contribution in [1.82, 2.24) is 5.32 Å². The molecule has 0 aromatic rings. The predicted octanol–water partition coefficient (Wildman–Crippen LogP) is -0.576. The van der Waals surface area contributed by atoms with Crippen LogP contribution in [0.25, 0.3) is 0 Å². The molecule has 0 aromatic heterocycles. The molecule has 1 unspecified atom stereocenters. The van der Waals surface area contributed by atoms with Crippen LogP contribution in [-0.4, -0.2) is 29.4 Å². The minimum atomic E-state index is -0.944. The molecular weight excluding hydrogens is 158 g/mol. The maximum atomic E-state index is 10.4. The van der Waals surface area contributed by atoms with Crippen LogP contribution >= 0.6 is 12.4 Å². The standard InChI is InChI=1S/C5H7NO3.ClH/c7-3-1-4(5(8)9)6-2-3;/h4,6H,1-2H2,(H,8,9);1H. The maximum Gasteiger partial charge on any atom is 0.321 e. The van der Waals surface area contributed by atoms with Crippen molar-refractivity contribution in [2.45, 2.75) is 12.5 Å². The molecular formula is C5H8ClNO3. The summed E-state index contributed by atoms with van der Waals surface area (Å²) in [6.45, 7) is 0.205. The molecule has 1 aliphatic heterocycles. The highest BCUT2D eigenvalue weighted by Crippen LogP contribution is 2.00. The minimum Gasteiger partial charge on any atom is -0.480 e. The van der Waals surface area contributed by atoms with E-state index in [2.05, 4.69) is 5.32 Å². The third-order valence-corrected chi connectivity index (χ3v) is 1.28. The fraction of sp³-hybridized carbons (Fsp3) is 0.600. The van der Waals surface area contributed by atoms with E-state index in [1.165, 1.54) is 0 Å². The first kappa shape index (κ1) is 9.39. The Balaban J connectivity index is 0.000000810. The Morgan fingerprint density at radius 3 is 2.50 bits per heavy atom. The lowest BCUT2D eigenvalue weighted by molar-refractivity contribution is -0.139. The third kappa shape index (κ3) is 1.97. The van der Waals surface area contributed by atoms with Gasteiger partial charge in [0.1, 0.15) is 11.8 Å². The largest absolute Gasteiger partial charge is 0.480 e. The molecule has 4 nitrogen and oxygen atoms in total. The number of hydrogen-bond acceptors (Lipinski definition) is 3. The highest BCUT2D eigenvalue weighted by molar-refractivity contribution is 5.90. The number of carboxylic acids is 1. The molecule has 0 bridgehead atoms. The number of rotatable bonds is 1. The Morgan fingerprint density at radius 2 is 2.30 bits per heavy atom. The van der Waals surface area contributed by atoms with Gasteiger partial charge in [-0.15, -0.1) is 12.4 Å². The van der Waals surface area contributed by atoms with Gasteiger partial charge >= 0.3 is 5.97 Å². The quantitative estimate of drug-likeness (QED) is 0.546. The molecule has 1 atom stereocenters. The van der Waals surface area contributed by atoms with Crippen molar-refractivity contribution in [1.29, 1.82) is 0 Å². The van der Waals surface area contributed by atoms with Gasteiger partial charge in [-0.1, -0.05) is 0 Å². The molecule has 0 saturated carbocycles. The van der Waals surface area contributed by atoms with Crippen LogP contribution in [0, 0.1) is 0 Å². The second-order valence-electron chi connectivity index (χ2n) is 2.01. The second-order valence-corrected chi connectivity index (χ2v) is 2.01. The zero-order valence-electron chi connectivity index (χ0n) is 5.16. The molecule has 2 N–H and O–H groups in total. The lowest BCUT2D eigenvalue weighted by Gasteiger charge is -1.98. The summed E-state index contributed by atoms with van der Waals surface area (Å²) in [5.41, 5.74) is 0. The van der Waals surface area contributed by atoms with Crippen LogP contribution in [0.4, 0.5) is 0 Å². The topological polar surface area (TPSA) is 66.4 Å². The van der Waals surface area contributed by atoms with Crippen molar-refractivity contribution in [3.05, 3.63) is 0 Å². The smallest absolute Gasteiger partial charge is 0.321 e. The van der Waals surface area contributed by atoms with E-state index in [1.54, 1.807) is 0 Å². The van der Waals surface area contributed by atoms with Crippen molar-refractivity contribution < 1.29 is 14.7 Å². The maximum absolute atomic E-state index is 10.4. The van der Waals surface area contributed by atoms with Gasteiger partial charge in [0.25, 0.3) is 0 Å². The number of carboxylic acid groups (broad SMARTS) is 1. The van der Waals surface area contributed by atoms with Crippen molar-refractivity contribution in [2.75, 3.05) is 6.54 Å². The van der Waals surface area contributed by atoms with E-state index in [1.807, 2.05) is 0 Å². The summed E-state index contributed by atoms with van der Waals surface area (Å²) in [6.07, 6.45) is 0.134. The average Bonchev–Trinajstić information content (AvgIpc) is 2.14. The van der Waals surface area contributed by atoms with Crippen molar-refractivity contribution in [3.63, 3.8) is 0 Å². The monoisotopic (exact) mass is 165 g/mol. The summed E-state index contributed by atoms with van der Waals surface area (Å²) in [4.78, 5) is 20.6. The van der Waals surface area contributed by atoms with Gasteiger partial charge in [0.05, 0.1) is 6.54 Å². The number of carbonyl (C=O) groups excluding carboxylic acids is 1. The van der Waals surface area contributed by atoms with Gasteiger partial charge in [0, 0.05) is 6.42 Å². The van der Waals surface area contributed by atoms with Crippen LogP contribution in [0.1, 0.15) is 6.42 Å². The Morgan fingerprint density at radius 1 is 1.70 bits per heavy atom. The fourth-order valence-corrected chi connectivity index (χ4v) is 0.784. The molecule has 0 aliphatic carbocycles. The number of halogens is 1. The number of Topliss-reactive ketones (excluding diaryl/α,β-unsaturated/α-hetero) is 1. The van der Waals surface area contributed by atoms with Gasteiger partial charge in [-0.2, -0.15) is 0 Å². The van der Waals surface area contributed by atoms with Crippen LogP contribution in [0.2, 0.25) is 0 Å². The summed E-state index contributed by atoms with van der Waals surface area (Å²) in [5, 5.41) is 10.9. The molecule has 0 aromatic carbocycles.